The monoisotopic (exact) mass is 250 g/mol. The Morgan fingerprint density at radius 2 is 1.94 bits per heavy atom. The number of carbonyl (C=O) groups excluding carboxylic acids is 1. The molecular weight excluding hydrogens is 224 g/mol. The van der Waals surface area contributed by atoms with Gasteiger partial charge in [0.1, 0.15) is 0 Å². The van der Waals surface area contributed by atoms with Crippen molar-refractivity contribution in [2.24, 2.45) is 16.7 Å². The van der Waals surface area contributed by atoms with Gasteiger partial charge in [-0.25, -0.2) is 0 Å². The summed E-state index contributed by atoms with van der Waals surface area (Å²) in [6.07, 6.45) is 6.27. The summed E-state index contributed by atoms with van der Waals surface area (Å²) >= 11 is 0. The number of carbonyl (C=O) groups is 1. The second-order valence-corrected chi connectivity index (χ2v) is 7.39. The summed E-state index contributed by atoms with van der Waals surface area (Å²) in [6, 6.07) is 1.00. The van der Waals surface area contributed by atoms with E-state index < -0.39 is 0 Å². The van der Waals surface area contributed by atoms with Crippen LogP contribution in [0, 0.1) is 16.7 Å². The van der Waals surface area contributed by atoms with Crippen LogP contribution in [0.15, 0.2) is 0 Å². The molecule has 3 rings (SSSR count). The molecule has 102 valence electrons. The third kappa shape index (κ3) is 1.78. The zero-order chi connectivity index (χ0) is 13.0. The molecule has 0 aromatic carbocycles. The van der Waals surface area contributed by atoms with Crippen LogP contribution in [-0.4, -0.2) is 24.5 Å². The molecule has 2 N–H and O–H groups in total. The van der Waals surface area contributed by atoms with Gasteiger partial charge in [-0.3, -0.25) is 4.79 Å². The van der Waals surface area contributed by atoms with Crippen molar-refractivity contribution in [3.63, 3.8) is 0 Å². The number of fused-ring (bicyclic) bond motifs is 2. The molecule has 1 amide bonds. The van der Waals surface area contributed by atoms with Gasteiger partial charge in [0.2, 0.25) is 5.91 Å². The minimum atomic E-state index is 0.182. The highest BCUT2D eigenvalue weighted by Gasteiger charge is 2.61. The van der Waals surface area contributed by atoms with Gasteiger partial charge in [0.25, 0.3) is 0 Å². The predicted octanol–water partition coefficient (Wildman–Crippen LogP) is 2.07. The second kappa shape index (κ2) is 3.96. The molecule has 18 heavy (non-hydrogen) atoms. The molecule has 3 nitrogen and oxygen atoms in total. The van der Waals surface area contributed by atoms with E-state index in [1.807, 2.05) is 0 Å². The van der Waals surface area contributed by atoms with E-state index in [9.17, 15) is 4.79 Å². The van der Waals surface area contributed by atoms with E-state index in [0.717, 1.165) is 5.92 Å². The largest absolute Gasteiger partial charge is 0.352 e. The van der Waals surface area contributed by atoms with Gasteiger partial charge in [-0.15, -0.1) is 0 Å². The van der Waals surface area contributed by atoms with Gasteiger partial charge in [-0.2, -0.15) is 0 Å². The highest BCUT2D eigenvalue weighted by molar-refractivity contribution is 5.78. The van der Waals surface area contributed by atoms with E-state index in [1.165, 1.54) is 32.1 Å². The van der Waals surface area contributed by atoms with Crippen LogP contribution in [0.1, 0.15) is 52.9 Å². The third-order valence-electron chi connectivity index (χ3n) is 6.25. The zero-order valence-corrected chi connectivity index (χ0v) is 11.9. The Bertz CT molecular complexity index is 362. The summed E-state index contributed by atoms with van der Waals surface area (Å²) in [5.74, 6) is 1.02. The third-order valence-corrected chi connectivity index (χ3v) is 6.25. The van der Waals surface area contributed by atoms with Crippen LogP contribution in [0.3, 0.4) is 0 Å². The maximum Gasteiger partial charge on any atom is 0.234 e. The molecule has 0 heterocycles. The Kier molecular flexibility index (Phi) is 2.74. The maximum atomic E-state index is 11.7. The molecule has 3 aliphatic rings. The van der Waals surface area contributed by atoms with Crippen LogP contribution in [-0.2, 0) is 4.79 Å². The summed E-state index contributed by atoms with van der Waals surface area (Å²) in [4.78, 5) is 11.7. The molecule has 3 heteroatoms. The van der Waals surface area contributed by atoms with Gasteiger partial charge >= 0.3 is 0 Å². The average Bonchev–Trinajstić information content (AvgIpc) is 3.04. The molecule has 3 saturated carbocycles. The fourth-order valence-corrected chi connectivity index (χ4v) is 4.23. The number of rotatable bonds is 4. The molecule has 0 spiro atoms. The lowest BCUT2D eigenvalue weighted by Crippen LogP contribution is -2.48. The Balaban J connectivity index is 1.56. The number of hydrogen-bond donors (Lipinski definition) is 2. The zero-order valence-electron chi connectivity index (χ0n) is 11.9. The highest BCUT2D eigenvalue weighted by atomic mass is 16.2. The summed E-state index contributed by atoms with van der Waals surface area (Å²) < 4.78 is 0. The van der Waals surface area contributed by atoms with E-state index >= 15 is 0 Å². The van der Waals surface area contributed by atoms with E-state index in [2.05, 4.69) is 31.4 Å². The van der Waals surface area contributed by atoms with Gasteiger partial charge in [-0.05, 0) is 48.9 Å². The van der Waals surface area contributed by atoms with E-state index in [1.54, 1.807) is 0 Å². The molecule has 0 radical (unpaired) electrons. The first kappa shape index (κ1) is 12.5. The van der Waals surface area contributed by atoms with Gasteiger partial charge in [-0.1, -0.05) is 20.8 Å². The summed E-state index contributed by atoms with van der Waals surface area (Å²) in [5, 5.41) is 6.58. The lowest BCUT2D eigenvalue weighted by molar-refractivity contribution is -0.120. The summed E-state index contributed by atoms with van der Waals surface area (Å²) in [7, 11) is 0. The van der Waals surface area contributed by atoms with Gasteiger partial charge in [0.15, 0.2) is 0 Å². The van der Waals surface area contributed by atoms with Crippen molar-refractivity contribution >= 4 is 5.91 Å². The standard InChI is InChI=1S/C15H26N2O/c1-14(2)10-6-7-15(14,3)12(8-10)16-9-13(18)17-11-4-5-11/h10-12,16H,4-9H2,1-3H3,(H,17,18). The normalized spacial score (nSPS) is 41.1. The lowest BCUT2D eigenvalue weighted by atomic mass is 9.69. The van der Waals surface area contributed by atoms with Crippen LogP contribution in [0.5, 0.6) is 0 Å². The predicted molar refractivity (Wildman–Crippen MR) is 72.2 cm³/mol. The number of hydrogen-bond acceptors (Lipinski definition) is 2. The van der Waals surface area contributed by atoms with Crippen molar-refractivity contribution in [2.45, 2.75) is 65.0 Å². The Morgan fingerprint density at radius 3 is 2.44 bits per heavy atom. The smallest absolute Gasteiger partial charge is 0.234 e. The first-order valence-corrected chi connectivity index (χ1v) is 7.46. The van der Waals surface area contributed by atoms with E-state index in [4.69, 9.17) is 0 Å². The fourth-order valence-electron chi connectivity index (χ4n) is 4.23. The molecule has 3 atom stereocenters. The summed E-state index contributed by atoms with van der Waals surface area (Å²) in [6.45, 7) is 7.74. The molecule has 3 fully saturated rings. The van der Waals surface area contributed by atoms with Crippen molar-refractivity contribution in [1.82, 2.24) is 10.6 Å². The molecular formula is C15H26N2O. The average molecular weight is 250 g/mol. The fraction of sp³-hybridized carbons (Fsp3) is 0.933. The molecule has 0 saturated heterocycles. The first-order valence-electron chi connectivity index (χ1n) is 7.46. The first-order chi connectivity index (χ1) is 8.43. The Labute approximate surface area is 110 Å². The highest BCUT2D eigenvalue weighted by Crippen LogP contribution is 2.65. The topological polar surface area (TPSA) is 41.1 Å². The van der Waals surface area contributed by atoms with Crippen LogP contribution < -0.4 is 10.6 Å². The van der Waals surface area contributed by atoms with Crippen LogP contribution in [0.2, 0.25) is 0 Å². The van der Waals surface area contributed by atoms with Crippen molar-refractivity contribution < 1.29 is 4.79 Å². The lowest BCUT2D eigenvalue weighted by Gasteiger charge is -2.39. The van der Waals surface area contributed by atoms with Gasteiger partial charge in [0.05, 0.1) is 6.54 Å². The molecule has 3 unspecified atom stereocenters. The van der Waals surface area contributed by atoms with Crippen LogP contribution >= 0.6 is 0 Å². The van der Waals surface area contributed by atoms with Crippen molar-refractivity contribution in [2.75, 3.05) is 6.54 Å². The Morgan fingerprint density at radius 1 is 1.22 bits per heavy atom. The minimum Gasteiger partial charge on any atom is -0.352 e. The number of amides is 1. The second-order valence-electron chi connectivity index (χ2n) is 7.39. The van der Waals surface area contributed by atoms with Crippen molar-refractivity contribution in [3.8, 4) is 0 Å². The molecule has 3 aliphatic carbocycles. The molecule has 2 bridgehead atoms. The van der Waals surface area contributed by atoms with Gasteiger partial charge in [0, 0.05) is 12.1 Å². The number of nitrogens with one attached hydrogen (secondary N) is 2. The van der Waals surface area contributed by atoms with E-state index in [0.29, 0.717) is 29.5 Å². The summed E-state index contributed by atoms with van der Waals surface area (Å²) in [5.41, 5.74) is 0.801. The van der Waals surface area contributed by atoms with Gasteiger partial charge < -0.3 is 10.6 Å². The minimum absolute atomic E-state index is 0.182. The van der Waals surface area contributed by atoms with Crippen LogP contribution in [0.25, 0.3) is 0 Å². The SMILES string of the molecule is CC1(C)C2CCC1(C)C(NCC(=O)NC1CC1)C2. The van der Waals surface area contributed by atoms with Crippen LogP contribution in [0.4, 0.5) is 0 Å². The maximum absolute atomic E-state index is 11.7. The van der Waals surface area contributed by atoms with E-state index in [-0.39, 0.29) is 5.91 Å². The quantitative estimate of drug-likeness (QED) is 0.802. The molecule has 0 aliphatic heterocycles. The Hall–Kier alpha value is -0.570. The van der Waals surface area contributed by atoms with Crippen molar-refractivity contribution in [1.29, 1.82) is 0 Å². The molecule has 0 aromatic heterocycles. The van der Waals surface area contributed by atoms with Crippen molar-refractivity contribution in [3.05, 3.63) is 0 Å². The molecule has 0 aromatic rings.